The van der Waals surface area contributed by atoms with E-state index < -0.39 is 0 Å². The highest BCUT2D eigenvalue weighted by atomic mass is 32.2. The van der Waals surface area contributed by atoms with Crippen LogP contribution in [0.5, 0.6) is 0 Å². The lowest BCUT2D eigenvalue weighted by molar-refractivity contribution is -0.121. The zero-order valence-electron chi connectivity index (χ0n) is 12.7. The summed E-state index contributed by atoms with van der Waals surface area (Å²) in [5.41, 5.74) is 2.15. The van der Waals surface area contributed by atoms with Gasteiger partial charge in [-0.15, -0.1) is 0 Å². The number of rotatable bonds is 6. The van der Waals surface area contributed by atoms with Crippen molar-refractivity contribution in [3.05, 3.63) is 57.5 Å². The predicted octanol–water partition coefficient (Wildman–Crippen LogP) is 2.05. The molecule has 0 bridgehead atoms. The summed E-state index contributed by atoms with van der Waals surface area (Å²) in [6, 6.07) is 9.72. The smallest absolute Gasteiger partial charge is 0.254 e. The Morgan fingerprint density at radius 1 is 1.32 bits per heavy atom. The third kappa shape index (κ3) is 4.46. The number of nitrogens with zero attached hydrogens (tertiary/aromatic N) is 1. The summed E-state index contributed by atoms with van der Waals surface area (Å²) in [7, 11) is 0. The molecule has 1 aromatic heterocycles. The Bertz CT molecular complexity index is 698. The maximum Gasteiger partial charge on any atom is 0.254 e. The molecule has 0 aliphatic heterocycles. The van der Waals surface area contributed by atoms with Crippen LogP contribution in [-0.4, -0.2) is 22.1 Å². The molecule has 0 aliphatic rings. The molecule has 1 aromatic carbocycles. The van der Waals surface area contributed by atoms with Gasteiger partial charge >= 0.3 is 0 Å². The van der Waals surface area contributed by atoms with Crippen LogP contribution in [0.3, 0.4) is 0 Å². The number of hydrogen-bond acceptors (Lipinski definition) is 4. The Morgan fingerprint density at radius 3 is 2.68 bits per heavy atom. The standard InChI is InChI=1S/C16H19N3O2S/c1-11-13(15(21)19-16(18-11)22-2)8-9-14(20)17-10-12-6-4-3-5-7-12/h3-7H,8-10H2,1-2H3,(H,17,20)(H,18,19,21). The third-order valence-corrected chi connectivity index (χ3v) is 3.91. The monoisotopic (exact) mass is 317 g/mol. The minimum atomic E-state index is -0.160. The van der Waals surface area contributed by atoms with Gasteiger partial charge in [0.15, 0.2) is 5.16 Å². The van der Waals surface area contributed by atoms with Crippen LogP contribution in [0.25, 0.3) is 0 Å². The van der Waals surface area contributed by atoms with Crippen molar-refractivity contribution in [2.75, 3.05) is 6.26 Å². The lowest BCUT2D eigenvalue weighted by Crippen LogP contribution is -2.25. The van der Waals surface area contributed by atoms with Crippen molar-refractivity contribution >= 4 is 17.7 Å². The van der Waals surface area contributed by atoms with Gasteiger partial charge in [-0.1, -0.05) is 42.1 Å². The number of thioether (sulfide) groups is 1. The summed E-state index contributed by atoms with van der Waals surface area (Å²) in [5.74, 6) is -0.0726. The van der Waals surface area contributed by atoms with Gasteiger partial charge in [-0.2, -0.15) is 0 Å². The van der Waals surface area contributed by atoms with Crippen LogP contribution in [0, 0.1) is 6.92 Å². The van der Waals surface area contributed by atoms with Gasteiger partial charge in [0.25, 0.3) is 5.56 Å². The quantitative estimate of drug-likeness (QED) is 0.631. The maximum absolute atomic E-state index is 12.0. The Hall–Kier alpha value is -2.08. The molecule has 0 saturated heterocycles. The first kappa shape index (κ1) is 16.3. The number of carbonyl (C=O) groups is 1. The molecular weight excluding hydrogens is 298 g/mol. The normalized spacial score (nSPS) is 10.5. The Labute approximate surface area is 133 Å². The third-order valence-electron chi connectivity index (χ3n) is 3.33. The summed E-state index contributed by atoms with van der Waals surface area (Å²) >= 11 is 1.39. The Morgan fingerprint density at radius 2 is 2.05 bits per heavy atom. The maximum atomic E-state index is 12.0. The van der Waals surface area contributed by atoms with Crippen LogP contribution in [0.1, 0.15) is 23.2 Å². The van der Waals surface area contributed by atoms with Crippen molar-refractivity contribution in [2.45, 2.75) is 31.5 Å². The lowest BCUT2D eigenvalue weighted by Gasteiger charge is -2.07. The molecule has 6 heteroatoms. The van der Waals surface area contributed by atoms with Crippen molar-refractivity contribution < 1.29 is 4.79 Å². The summed E-state index contributed by atoms with van der Waals surface area (Å²) in [6.07, 6.45) is 2.52. The number of H-pyrrole nitrogens is 1. The fraction of sp³-hybridized carbons (Fsp3) is 0.312. The molecular formula is C16H19N3O2S. The molecule has 5 nitrogen and oxygen atoms in total. The van der Waals surface area contributed by atoms with Crippen molar-refractivity contribution in [1.82, 2.24) is 15.3 Å². The van der Waals surface area contributed by atoms with Crippen LogP contribution in [-0.2, 0) is 17.8 Å². The number of amides is 1. The van der Waals surface area contributed by atoms with Gasteiger partial charge in [-0.3, -0.25) is 9.59 Å². The van der Waals surface area contributed by atoms with E-state index in [4.69, 9.17) is 0 Å². The summed E-state index contributed by atoms with van der Waals surface area (Å²) in [5, 5.41) is 3.45. The van der Waals surface area contributed by atoms with Crippen LogP contribution < -0.4 is 10.9 Å². The molecule has 0 fully saturated rings. The van der Waals surface area contributed by atoms with Gasteiger partial charge < -0.3 is 10.3 Å². The van der Waals surface area contributed by atoms with E-state index in [0.29, 0.717) is 29.4 Å². The molecule has 2 aromatic rings. The number of benzene rings is 1. The molecule has 0 unspecified atom stereocenters. The first-order valence-electron chi connectivity index (χ1n) is 7.04. The van der Waals surface area contributed by atoms with Gasteiger partial charge in [0.2, 0.25) is 5.91 Å². The summed E-state index contributed by atoms with van der Waals surface area (Å²) in [4.78, 5) is 30.9. The van der Waals surface area contributed by atoms with Gasteiger partial charge in [0.1, 0.15) is 0 Å². The topological polar surface area (TPSA) is 74.8 Å². The summed E-state index contributed by atoms with van der Waals surface area (Å²) in [6.45, 7) is 2.30. The molecule has 2 N–H and O–H groups in total. The second-order valence-corrected chi connectivity index (χ2v) is 5.70. The van der Waals surface area contributed by atoms with Gasteiger partial charge in [0, 0.05) is 24.2 Å². The molecule has 22 heavy (non-hydrogen) atoms. The van der Waals surface area contributed by atoms with Crippen LogP contribution in [0.4, 0.5) is 0 Å². The summed E-state index contributed by atoms with van der Waals surface area (Å²) < 4.78 is 0. The van der Waals surface area contributed by atoms with Crippen molar-refractivity contribution in [2.24, 2.45) is 0 Å². The highest BCUT2D eigenvalue weighted by Gasteiger charge is 2.10. The molecule has 1 heterocycles. The van der Waals surface area contributed by atoms with E-state index in [0.717, 1.165) is 5.56 Å². The van der Waals surface area contributed by atoms with E-state index in [1.165, 1.54) is 11.8 Å². The minimum Gasteiger partial charge on any atom is -0.352 e. The number of aromatic nitrogens is 2. The molecule has 0 aliphatic carbocycles. The van der Waals surface area contributed by atoms with E-state index in [1.54, 1.807) is 6.92 Å². The van der Waals surface area contributed by atoms with Crippen LogP contribution in [0.2, 0.25) is 0 Å². The molecule has 0 saturated carbocycles. The molecule has 0 radical (unpaired) electrons. The van der Waals surface area contributed by atoms with Crippen LogP contribution in [0.15, 0.2) is 40.3 Å². The van der Waals surface area contributed by atoms with Crippen molar-refractivity contribution in [3.8, 4) is 0 Å². The second-order valence-electron chi connectivity index (χ2n) is 4.90. The van der Waals surface area contributed by atoms with Gasteiger partial charge in [0.05, 0.1) is 0 Å². The molecule has 1 amide bonds. The van der Waals surface area contributed by atoms with Crippen molar-refractivity contribution in [3.63, 3.8) is 0 Å². The largest absolute Gasteiger partial charge is 0.352 e. The molecule has 0 spiro atoms. The number of carbonyl (C=O) groups excluding carboxylic acids is 1. The SMILES string of the molecule is CSc1nc(C)c(CCC(=O)NCc2ccccc2)c(=O)[nH]1. The lowest BCUT2D eigenvalue weighted by atomic mass is 10.1. The van der Waals surface area contributed by atoms with E-state index in [-0.39, 0.29) is 17.9 Å². The van der Waals surface area contributed by atoms with Gasteiger partial charge in [-0.05, 0) is 25.2 Å². The Balaban J connectivity index is 1.90. The number of nitrogens with one attached hydrogen (secondary N) is 2. The number of aryl methyl sites for hydroxylation is 1. The fourth-order valence-corrected chi connectivity index (χ4v) is 2.52. The average Bonchev–Trinajstić information content (AvgIpc) is 2.52. The van der Waals surface area contributed by atoms with Crippen molar-refractivity contribution in [1.29, 1.82) is 0 Å². The molecule has 0 atom stereocenters. The first-order chi connectivity index (χ1) is 10.6. The van der Waals surface area contributed by atoms with Gasteiger partial charge in [-0.25, -0.2) is 4.98 Å². The first-order valence-corrected chi connectivity index (χ1v) is 8.27. The number of hydrogen-bond donors (Lipinski definition) is 2. The number of aromatic amines is 1. The van der Waals surface area contributed by atoms with E-state index >= 15 is 0 Å². The predicted molar refractivity (Wildman–Crippen MR) is 88.0 cm³/mol. The van der Waals surface area contributed by atoms with Crippen LogP contribution >= 0.6 is 11.8 Å². The zero-order chi connectivity index (χ0) is 15.9. The molecule has 2 rings (SSSR count). The minimum absolute atomic E-state index is 0.0726. The average molecular weight is 317 g/mol. The highest BCUT2D eigenvalue weighted by molar-refractivity contribution is 7.98. The molecule has 116 valence electrons. The second kappa shape index (κ2) is 7.79. The fourth-order valence-electron chi connectivity index (χ4n) is 2.10. The Kier molecular flexibility index (Phi) is 5.77. The van der Waals surface area contributed by atoms with E-state index in [2.05, 4.69) is 15.3 Å². The van der Waals surface area contributed by atoms with E-state index in [9.17, 15) is 9.59 Å². The highest BCUT2D eigenvalue weighted by Crippen LogP contribution is 2.09. The van der Waals surface area contributed by atoms with E-state index in [1.807, 2.05) is 36.6 Å². The zero-order valence-corrected chi connectivity index (χ0v) is 13.5.